The molecule has 1 saturated carbocycles. The molecule has 0 atom stereocenters. The van der Waals surface area contributed by atoms with Gasteiger partial charge in [-0.1, -0.05) is 95.2 Å². The van der Waals surface area contributed by atoms with Crippen LogP contribution in [0.1, 0.15) is 82.8 Å². The molecular formula is C22H34. The van der Waals surface area contributed by atoms with Crippen LogP contribution in [0.2, 0.25) is 0 Å². The zero-order valence-electron chi connectivity index (χ0n) is 14.7. The van der Waals surface area contributed by atoms with Crippen LogP contribution in [0, 0.1) is 11.8 Å². The summed E-state index contributed by atoms with van der Waals surface area (Å²) in [6.45, 7) is 4.56. The van der Waals surface area contributed by atoms with Crippen molar-refractivity contribution in [2.24, 2.45) is 11.8 Å². The smallest absolute Gasteiger partial charge is 0.0260 e. The molecule has 0 heteroatoms. The van der Waals surface area contributed by atoms with Gasteiger partial charge in [0.15, 0.2) is 0 Å². The van der Waals surface area contributed by atoms with E-state index in [1.165, 1.54) is 75.3 Å². The third-order valence-corrected chi connectivity index (χ3v) is 5.23. The third-order valence-electron chi connectivity index (χ3n) is 5.23. The van der Waals surface area contributed by atoms with E-state index in [1.807, 2.05) is 0 Å². The maximum absolute atomic E-state index is 2.38. The first-order valence-electron chi connectivity index (χ1n) is 9.57. The standard InChI is InChI=1S/C22H34/c1-3-7-19-11-15-21(16-12-19)9-5-6-10-22-17-13-20(8-4-2)14-18-22/h5,9,11-12,15-16,20,22H,3-4,6-8,10,13-14,17-18H2,1-2H3. The van der Waals surface area contributed by atoms with Gasteiger partial charge in [-0.3, -0.25) is 0 Å². The van der Waals surface area contributed by atoms with Crippen molar-refractivity contribution >= 4 is 6.08 Å². The highest BCUT2D eigenvalue weighted by Crippen LogP contribution is 2.33. The van der Waals surface area contributed by atoms with Gasteiger partial charge in [0.2, 0.25) is 0 Å². The molecule has 0 nitrogen and oxygen atoms in total. The number of hydrogen-bond acceptors (Lipinski definition) is 0. The molecule has 22 heavy (non-hydrogen) atoms. The van der Waals surface area contributed by atoms with Crippen LogP contribution < -0.4 is 0 Å². The van der Waals surface area contributed by atoms with Crippen LogP contribution in [0.15, 0.2) is 30.3 Å². The second-order valence-electron chi connectivity index (χ2n) is 7.15. The lowest BCUT2D eigenvalue weighted by molar-refractivity contribution is 0.253. The van der Waals surface area contributed by atoms with Crippen molar-refractivity contribution in [2.45, 2.75) is 78.1 Å². The van der Waals surface area contributed by atoms with Crippen LogP contribution >= 0.6 is 0 Å². The van der Waals surface area contributed by atoms with Crippen molar-refractivity contribution in [3.8, 4) is 0 Å². The predicted octanol–water partition coefficient (Wildman–Crippen LogP) is 7.04. The molecule has 0 saturated heterocycles. The molecule has 0 spiro atoms. The molecule has 0 bridgehead atoms. The lowest BCUT2D eigenvalue weighted by atomic mass is 9.78. The maximum Gasteiger partial charge on any atom is -0.0260 e. The first-order valence-corrected chi connectivity index (χ1v) is 9.57. The second-order valence-corrected chi connectivity index (χ2v) is 7.15. The van der Waals surface area contributed by atoms with E-state index in [0.717, 1.165) is 11.8 Å². The molecule has 122 valence electrons. The van der Waals surface area contributed by atoms with E-state index >= 15 is 0 Å². The molecule has 0 N–H and O–H groups in total. The van der Waals surface area contributed by atoms with E-state index in [4.69, 9.17) is 0 Å². The highest BCUT2D eigenvalue weighted by molar-refractivity contribution is 5.49. The largest absolute Gasteiger partial charge is 0.0839 e. The Balaban J connectivity index is 1.66. The summed E-state index contributed by atoms with van der Waals surface area (Å²) in [5, 5.41) is 0. The monoisotopic (exact) mass is 298 g/mol. The first kappa shape index (κ1) is 17.3. The minimum atomic E-state index is 0.990. The summed E-state index contributed by atoms with van der Waals surface area (Å²) in [7, 11) is 0. The lowest BCUT2D eigenvalue weighted by Crippen LogP contribution is -2.14. The molecule has 0 heterocycles. The molecule has 1 aromatic carbocycles. The van der Waals surface area contributed by atoms with Crippen molar-refractivity contribution in [2.75, 3.05) is 0 Å². The molecule has 0 amide bonds. The zero-order chi connectivity index (χ0) is 15.6. The number of hydrogen-bond donors (Lipinski definition) is 0. The van der Waals surface area contributed by atoms with Gasteiger partial charge >= 0.3 is 0 Å². The van der Waals surface area contributed by atoms with Gasteiger partial charge in [-0.25, -0.2) is 0 Å². The molecule has 0 unspecified atom stereocenters. The Hall–Kier alpha value is -1.04. The van der Waals surface area contributed by atoms with Gasteiger partial charge in [0.25, 0.3) is 0 Å². The number of aryl methyl sites for hydroxylation is 1. The molecule has 0 aliphatic heterocycles. The van der Waals surface area contributed by atoms with Gasteiger partial charge in [-0.2, -0.15) is 0 Å². The molecule has 0 radical (unpaired) electrons. The van der Waals surface area contributed by atoms with Gasteiger partial charge in [0, 0.05) is 0 Å². The summed E-state index contributed by atoms with van der Waals surface area (Å²) in [6.07, 6.45) is 18.5. The minimum Gasteiger partial charge on any atom is -0.0839 e. The highest BCUT2D eigenvalue weighted by Gasteiger charge is 2.19. The Morgan fingerprint density at radius 3 is 2.09 bits per heavy atom. The summed E-state index contributed by atoms with van der Waals surface area (Å²) in [5.41, 5.74) is 2.81. The minimum absolute atomic E-state index is 0.990. The Morgan fingerprint density at radius 2 is 1.50 bits per heavy atom. The maximum atomic E-state index is 2.38. The predicted molar refractivity (Wildman–Crippen MR) is 99.1 cm³/mol. The average molecular weight is 299 g/mol. The lowest BCUT2D eigenvalue weighted by Gasteiger charge is -2.28. The highest BCUT2D eigenvalue weighted by atomic mass is 14.2. The van der Waals surface area contributed by atoms with E-state index in [2.05, 4.69) is 50.3 Å². The molecular weight excluding hydrogens is 264 g/mol. The summed E-state index contributed by atoms with van der Waals surface area (Å²) in [4.78, 5) is 0. The molecule has 1 aliphatic carbocycles. The Bertz CT molecular complexity index is 418. The van der Waals surface area contributed by atoms with E-state index in [-0.39, 0.29) is 0 Å². The van der Waals surface area contributed by atoms with Crippen LogP contribution in [0.3, 0.4) is 0 Å². The first-order chi connectivity index (χ1) is 10.8. The normalized spacial score (nSPS) is 22.3. The molecule has 1 fully saturated rings. The quantitative estimate of drug-likeness (QED) is 0.483. The van der Waals surface area contributed by atoms with Crippen LogP contribution in [0.4, 0.5) is 0 Å². The van der Waals surface area contributed by atoms with Crippen molar-refractivity contribution in [3.63, 3.8) is 0 Å². The van der Waals surface area contributed by atoms with Crippen molar-refractivity contribution in [1.82, 2.24) is 0 Å². The van der Waals surface area contributed by atoms with Crippen LogP contribution in [-0.2, 0) is 6.42 Å². The van der Waals surface area contributed by atoms with Gasteiger partial charge in [-0.05, 0) is 42.2 Å². The van der Waals surface area contributed by atoms with E-state index < -0.39 is 0 Å². The number of benzene rings is 1. The SMILES string of the molecule is CCCc1ccc(C=CCCC2CCC(CCC)CC2)cc1. The van der Waals surface area contributed by atoms with E-state index in [1.54, 1.807) is 0 Å². The summed E-state index contributed by atoms with van der Waals surface area (Å²) in [6, 6.07) is 9.07. The Morgan fingerprint density at radius 1 is 0.864 bits per heavy atom. The molecule has 0 aromatic heterocycles. The van der Waals surface area contributed by atoms with Crippen LogP contribution in [0.25, 0.3) is 6.08 Å². The molecule has 1 aromatic rings. The van der Waals surface area contributed by atoms with Gasteiger partial charge in [0.1, 0.15) is 0 Å². The Kier molecular flexibility index (Phi) is 7.77. The van der Waals surface area contributed by atoms with Crippen LogP contribution in [-0.4, -0.2) is 0 Å². The van der Waals surface area contributed by atoms with Crippen molar-refractivity contribution in [1.29, 1.82) is 0 Å². The fourth-order valence-corrected chi connectivity index (χ4v) is 3.85. The van der Waals surface area contributed by atoms with Crippen molar-refractivity contribution < 1.29 is 0 Å². The number of allylic oxidation sites excluding steroid dienone is 1. The van der Waals surface area contributed by atoms with Gasteiger partial charge < -0.3 is 0 Å². The summed E-state index contributed by atoms with van der Waals surface area (Å²) < 4.78 is 0. The van der Waals surface area contributed by atoms with E-state index in [0.29, 0.717) is 0 Å². The molecule has 2 rings (SSSR count). The van der Waals surface area contributed by atoms with Crippen LogP contribution in [0.5, 0.6) is 0 Å². The number of rotatable bonds is 8. The van der Waals surface area contributed by atoms with Crippen molar-refractivity contribution in [3.05, 3.63) is 41.5 Å². The van der Waals surface area contributed by atoms with E-state index in [9.17, 15) is 0 Å². The average Bonchev–Trinajstić information content (AvgIpc) is 2.55. The Labute approximate surface area is 138 Å². The fraction of sp³-hybridized carbons (Fsp3) is 0.636. The summed E-state index contributed by atoms with van der Waals surface area (Å²) >= 11 is 0. The summed E-state index contributed by atoms with van der Waals surface area (Å²) in [5.74, 6) is 2.03. The fourth-order valence-electron chi connectivity index (χ4n) is 3.85. The third kappa shape index (κ3) is 5.99. The van der Waals surface area contributed by atoms with Gasteiger partial charge in [-0.15, -0.1) is 0 Å². The topological polar surface area (TPSA) is 0 Å². The second kappa shape index (κ2) is 9.87. The molecule has 1 aliphatic rings. The zero-order valence-corrected chi connectivity index (χ0v) is 14.7. The van der Waals surface area contributed by atoms with Gasteiger partial charge in [0.05, 0.1) is 0 Å².